The Morgan fingerprint density at radius 1 is 1.17 bits per heavy atom. The maximum absolute atomic E-state index is 13.2. The van der Waals surface area contributed by atoms with E-state index in [0.717, 1.165) is 24.1 Å². The second kappa shape index (κ2) is 9.82. The number of rotatable bonds is 9. The third-order valence-electron chi connectivity index (χ3n) is 4.55. The zero-order chi connectivity index (χ0) is 21.7. The van der Waals surface area contributed by atoms with Gasteiger partial charge in [-0.2, -0.15) is 4.31 Å². The highest BCUT2D eigenvalue weighted by atomic mass is 32.2. The van der Waals surface area contributed by atoms with Crippen molar-refractivity contribution in [1.29, 1.82) is 0 Å². The Bertz CT molecular complexity index is 913. The van der Waals surface area contributed by atoms with Crippen molar-refractivity contribution in [2.75, 3.05) is 18.4 Å². The lowest BCUT2D eigenvalue weighted by Gasteiger charge is -2.23. The fraction of sp³-hybridized carbons (Fsp3) is 0.524. The normalized spacial score (nSPS) is 12.3. The molecule has 0 fully saturated rings. The van der Waals surface area contributed by atoms with Crippen LogP contribution in [0.2, 0.25) is 0 Å². The average Bonchev–Trinajstić information content (AvgIpc) is 3.05. The molecule has 29 heavy (non-hydrogen) atoms. The van der Waals surface area contributed by atoms with Gasteiger partial charge in [0.2, 0.25) is 15.9 Å². The van der Waals surface area contributed by atoms with Crippen LogP contribution in [0.15, 0.2) is 34.5 Å². The number of benzene rings is 1. The van der Waals surface area contributed by atoms with Crippen LogP contribution in [0.3, 0.4) is 0 Å². The number of nitrogens with one attached hydrogen (secondary N) is 1. The molecule has 0 atom stereocenters. The smallest absolute Gasteiger partial charge is 0.243 e. The maximum atomic E-state index is 13.2. The predicted molar refractivity (Wildman–Crippen MR) is 119 cm³/mol. The van der Waals surface area contributed by atoms with Crippen LogP contribution in [0, 0.1) is 6.92 Å². The summed E-state index contributed by atoms with van der Waals surface area (Å²) < 4.78 is 27.7. The number of aryl methyl sites for hydroxylation is 1. The van der Waals surface area contributed by atoms with Gasteiger partial charge in [-0.1, -0.05) is 52.7 Å². The van der Waals surface area contributed by atoms with E-state index in [-0.39, 0.29) is 22.8 Å². The zero-order valence-electron chi connectivity index (χ0n) is 17.9. The summed E-state index contributed by atoms with van der Waals surface area (Å²) in [5, 5.41) is 5.01. The summed E-state index contributed by atoms with van der Waals surface area (Å²) in [6, 6.07) is 6.95. The van der Waals surface area contributed by atoms with Crippen LogP contribution in [0.25, 0.3) is 0 Å². The highest BCUT2D eigenvalue weighted by molar-refractivity contribution is 7.89. The van der Waals surface area contributed by atoms with E-state index >= 15 is 0 Å². The molecule has 0 bridgehead atoms. The van der Waals surface area contributed by atoms with Crippen molar-refractivity contribution in [2.24, 2.45) is 0 Å². The van der Waals surface area contributed by atoms with Gasteiger partial charge in [0, 0.05) is 11.9 Å². The van der Waals surface area contributed by atoms with Crippen molar-refractivity contribution in [3.05, 3.63) is 40.9 Å². The monoisotopic (exact) mass is 437 g/mol. The van der Waals surface area contributed by atoms with Gasteiger partial charge < -0.3 is 5.32 Å². The topological polar surface area (TPSA) is 79.4 Å². The molecular weight excluding hydrogens is 406 g/mol. The molecular formula is C21H31N3O3S2. The third kappa shape index (κ3) is 6.62. The Hall–Kier alpha value is -1.77. The molecule has 0 aliphatic carbocycles. The van der Waals surface area contributed by atoms with Crippen LogP contribution >= 0.6 is 11.3 Å². The predicted octanol–water partition coefficient (Wildman–Crippen LogP) is 4.57. The molecule has 2 aromatic rings. The van der Waals surface area contributed by atoms with E-state index in [1.165, 1.54) is 15.6 Å². The van der Waals surface area contributed by atoms with Gasteiger partial charge in [0.15, 0.2) is 5.13 Å². The van der Waals surface area contributed by atoms with Gasteiger partial charge in [0.05, 0.1) is 17.1 Å². The molecule has 1 N–H and O–H groups in total. The number of aromatic nitrogens is 1. The third-order valence-corrected chi connectivity index (χ3v) is 7.29. The summed E-state index contributed by atoms with van der Waals surface area (Å²) in [7, 11) is -3.77. The molecule has 1 aromatic carbocycles. The maximum Gasteiger partial charge on any atom is 0.243 e. The van der Waals surface area contributed by atoms with Crippen molar-refractivity contribution >= 4 is 32.4 Å². The summed E-state index contributed by atoms with van der Waals surface area (Å²) in [6.07, 6.45) is 2.58. The van der Waals surface area contributed by atoms with Crippen molar-refractivity contribution < 1.29 is 13.2 Å². The van der Waals surface area contributed by atoms with Gasteiger partial charge >= 0.3 is 0 Å². The van der Waals surface area contributed by atoms with Crippen molar-refractivity contribution in [3.63, 3.8) is 0 Å². The second-order valence-electron chi connectivity index (χ2n) is 8.16. The lowest BCUT2D eigenvalue weighted by molar-refractivity contribution is -0.116. The molecule has 0 saturated heterocycles. The SMILES string of the molecule is CCCCCN(CC(=O)Nc1nc(C)cs1)S(=O)(=O)c1ccc(C(C)(C)C)cc1. The Balaban J connectivity index is 2.20. The van der Waals surface area contributed by atoms with Crippen LogP contribution in [0.1, 0.15) is 58.2 Å². The molecule has 0 radical (unpaired) electrons. The van der Waals surface area contributed by atoms with E-state index in [9.17, 15) is 13.2 Å². The molecule has 1 aromatic heterocycles. The number of thiazole rings is 1. The lowest BCUT2D eigenvalue weighted by Crippen LogP contribution is -2.38. The number of hydrogen-bond acceptors (Lipinski definition) is 5. The summed E-state index contributed by atoms with van der Waals surface area (Å²) in [5.74, 6) is -0.384. The minimum Gasteiger partial charge on any atom is -0.301 e. The van der Waals surface area contributed by atoms with Crippen LogP contribution in [0.4, 0.5) is 5.13 Å². The van der Waals surface area contributed by atoms with Gasteiger partial charge in [-0.3, -0.25) is 4.79 Å². The van der Waals surface area contributed by atoms with Crippen LogP contribution in [0.5, 0.6) is 0 Å². The van der Waals surface area contributed by atoms with Crippen molar-refractivity contribution in [1.82, 2.24) is 9.29 Å². The quantitative estimate of drug-likeness (QED) is 0.583. The van der Waals surface area contributed by atoms with E-state index in [1.807, 2.05) is 24.4 Å². The van der Waals surface area contributed by atoms with Gasteiger partial charge in [-0.15, -0.1) is 11.3 Å². The first-order valence-corrected chi connectivity index (χ1v) is 12.2. The molecule has 2 rings (SSSR count). The van der Waals surface area contributed by atoms with E-state index < -0.39 is 10.0 Å². The molecule has 0 spiro atoms. The van der Waals surface area contributed by atoms with E-state index in [1.54, 1.807) is 12.1 Å². The Kier molecular flexibility index (Phi) is 7.96. The van der Waals surface area contributed by atoms with Gasteiger partial charge in [0.25, 0.3) is 0 Å². The van der Waals surface area contributed by atoms with Gasteiger partial charge in [-0.05, 0) is 36.5 Å². The number of unbranched alkanes of at least 4 members (excludes halogenated alkanes) is 2. The molecule has 0 unspecified atom stereocenters. The van der Waals surface area contributed by atoms with Crippen molar-refractivity contribution in [2.45, 2.75) is 64.2 Å². The van der Waals surface area contributed by atoms with E-state index in [0.29, 0.717) is 18.1 Å². The minimum atomic E-state index is -3.77. The highest BCUT2D eigenvalue weighted by Gasteiger charge is 2.27. The molecule has 8 heteroatoms. The molecule has 6 nitrogen and oxygen atoms in total. The first-order valence-electron chi connectivity index (χ1n) is 9.86. The number of amides is 1. The Morgan fingerprint density at radius 2 is 1.83 bits per heavy atom. The highest BCUT2D eigenvalue weighted by Crippen LogP contribution is 2.25. The molecule has 1 amide bonds. The largest absolute Gasteiger partial charge is 0.301 e. The molecule has 0 aliphatic rings. The van der Waals surface area contributed by atoms with Crippen LogP contribution in [-0.2, 0) is 20.2 Å². The molecule has 1 heterocycles. The van der Waals surface area contributed by atoms with Crippen LogP contribution < -0.4 is 5.32 Å². The first-order chi connectivity index (χ1) is 13.5. The Labute approximate surface area is 178 Å². The van der Waals surface area contributed by atoms with Crippen LogP contribution in [-0.4, -0.2) is 36.7 Å². The number of anilines is 1. The standard InChI is InChI=1S/C21H31N3O3S2/c1-6-7-8-13-24(14-19(25)23-20-22-16(2)15-28-20)29(26,27)18-11-9-17(10-12-18)21(3,4)5/h9-12,15H,6-8,13-14H2,1-5H3,(H,22,23,25). The van der Waals surface area contributed by atoms with Crippen molar-refractivity contribution in [3.8, 4) is 0 Å². The summed E-state index contributed by atoms with van der Waals surface area (Å²) in [4.78, 5) is 16.9. The summed E-state index contributed by atoms with van der Waals surface area (Å²) in [6.45, 7) is 10.2. The number of carbonyl (C=O) groups excluding carboxylic acids is 1. The fourth-order valence-electron chi connectivity index (χ4n) is 2.83. The molecule has 160 valence electrons. The summed E-state index contributed by atoms with van der Waals surface area (Å²) in [5.41, 5.74) is 1.82. The Morgan fingerprint density at radius 3 is 2.34 bits per heavy atom. The molecule has 0 saturated carbocycles. The zero-order valence-corrected chi connectivity index (χ0v) is 19.5. The summed E-state index contributed by atoms with van der Waals surface area (Å²) >= 11 is 1.32. The number of carbonyl (C=O) groups is 1. The fourth-order valence-corrected chi connectivity index (χ4v) is 4.97. The first kappa shape index (κ1) is 23.5. The molecule has 0 aliphatic heterocycles. The number of hydrogen-bond donors (Lipinski definition) is 1. The lowest BCUT2D eigenvalue weighted by atomic mass is 9.87. The second-order valence-corrected chi connectivity index (χ2v) is 11.0. The van der Waals surface area contributed by atoms with Gasteiger partial charge in [-0.25, -0.2) is 13.4 Å². The van der Waals surface area contributed by atoms with E-state index in [2.05, 4.69) is 38.0 Å². The van der Waals surface area contributed by atoms with Gasteiger partial charge in [0.1, 0.15) is 0 Å². The average molecular weight is 438 g/mol. The number of sulfonamides is 1. The minimum absolute atomic E-state index is 0.0607. The van der Waals surface area contributed by atoms with E-state index in [4.69, 9.17) is 0 Å². The number of nitrogens with zero attached hydrogens (tertiary/aromatic N) is 2.